The molecule has 1 aromatic carbocycles. The average Bonchev–Trinajstić information content (AvgIpc) is 2.53. The quantitative estimate of drug-likeness (QED) is 0.899. The number of nitriles is 1. The molecule has 0 aliphatic carbocycles. The number of rotatable bonds is 5. The van der Waals surface area contributed by atoms with Gasteiger partial charge in [0, 0.05) is 24.4 Å². The van der Waals surface area contributed by atoms with Crippen molar-refractivity contribution in [1.82, 2.24) is 9.71 Å². The van der Waals surface area contributed by atoms with Crippen LogP contribution in [-0.4, -0.2) is 19.9 Å². The molecule has 0 saturated heterocycles. The first-order valence-corrected chi connectivity index (χ1v) is 8.72. The zero-order valence-corrected chi connectivity index (χ0v) is 14.3. The minimum atomic E-state index is -3.76. The molecule has 0 spiro atoms. The van der Waals surface area contributed by atoms with Crippen molar-refractivity contribution in [3.05, 3.63) is 58.9 Å². The molecular weight excluding hydrogens is 334 g/mol. The van der Waals surface area contributed by atoms with Gasteiger partial charge in [0.2, 0.25) is 10.0 Å². The first-order valence-electron chi connectivity index (χ1n) is 6.86. The van der Waals surface area contributed by atoms with Crippen molar-refractivity contribution in [3.8, 4) is 6.07 Å². The Kier molecular flexibility index (Phi) is 5.05. The van der Waals surface area contributed by atoms with Gasteiger partial charge in [0.1, 0.15) is 4.90 Å². The van der Waals surface area contributed by atoms with E-state index in [1.165, 1.54) is 18.2 Å². The predicted octanol–water partition coefficient (Wildman–Crippen LogP) is 2.86. The molecule has 0 radical (unpaired) electrons. The van der Waals surface area contributed by atoms with Gasteiger partial charge in [0.15, 0.2) is 0 Å². The lowest BCUT2D eigenvalue weighted by Crippen LogP contribution is -2.36. The van der Waals surface area contributed by atoms with Crippen LogP contribution in [0.5, 0.6) is 0 Å². The van der Waals surface area contributed by atoms with Gasteiger partial charge in [-0.25, -0.2) is 13.1 Å². The number of halogens is 1. The Morgan fingerprint density at radius 2 is 1.91 bits per heavy atom. The van der Waals surface area contributed by atoms with Crippen molar-refractivity contribution in [2.24, 2.45) is 0 Å². The van der Waals surface area contributed by atoms with Crippen LogP contribution in [0.1, 0.15) is 25.0 Å². The molecule has 0 amide bonds. The van der Waals surface area contributed by atoms with Crippen LogP contribution in [0.3, 0.4) is 0 Å². The summed E-state index contributed by atoms with van der Waals surface area (Å²) in [5.41, 5.74) is 0.877. The van der Waals surface area contributed by atoms with Crippen LogP contribution < -0.4 is 4.72 Å². The highest BCUT2D eigenvalue weighted by molar-refractivity contribution is 7.89. The molecule has 1 N–H and O–H groups in total. The Bertz CT molecular complexity index is 843. The van der Waals surface area contributed by atoms with Crippen LogP contribution in [0.2, 0.25) is 5.02 Å². The SMILES string of the molecule is CC(C)(CNS(=O)(=O)c1ccc(C#N)cc1Cl)c1ccncc1. The van der Waals surface area contributed by atoms with E-state index in [0.29, 0.717) is 5.56 Å². The fourth-order valence-corrected chi connectivity index (χ4v) is 3.80. The Labute approximate surface area is 141 Å². The van der Waals surface area contributed by atoms with Gasteiger partial charge in [-0.3, -0.25) is 4.98 Å². The molecule has 1 aromatic heterocycles. The van der Waals surface area contributed by atoms with E-state index in [4.69, 9.17) is 16.9 Å². The first-order chi connectivity index (χ1) is 10.8. The summed E-state index contributed by atoms with van der Waals surface area (Å²) in [5, 5.41) is 8.84. The second-order valence-corrected chi connectivity index (χ2v) is 7.84. The van der Waals surface area contributed by atoms with E-state index in [9.17, 15) is 8.42 Å². The van der Waals surface area contributed by atoms with E-state index < -0.39 is 15.4 Å². The van der Waals surface area contributed by atoms with Gasteiger partial charge < -0.3 is 0 Å². The molecule has 2 aromatic rings. The summed E-state index contributed by atoms with van der Waals surface area (Å²) in [4.78, 5) is 3.92. The van der Waals surface area contributed by atoms with E-state index in [1.807, 2.05) is 32.0 Å². The van der Waals surface area contributed by atoms with Crippen LogP contribution in [0.15, 0.2) is 47.6 Å². The van der Waals surface area contributed by atoms with Crippen LogP contribution in [0.4, 0.5) is 0 Å². The number of pyridine rings is 1. The summed E-state index contributed by atoms with van der Waals surface area (Å²) in [6, 6.07) is 9.72. The monoisotopic (exact) mass is 349 g/mol. The fraction of sp³-hybridized carbons (Fsp3) is 0.250. The third kappa shape index (κ3) is 4.08. The summed E-state index contributed by atoms with van der Waals surface area (Å²) in [6.07, 6.45) is 3.34. The molecule has 0 bridgehead atoms. The minimum Gasteiger partial charge on any atom is -0.265 e. The Balaban J connectivity index is 2.21. The summed E-state index contributed by atoms with van der Waals surface area (Å²) in [6.45, 7) is 4.08. The maximum absolute atomic E-state index is 12.4. The molecule has 2 rings (SSSR count). The molecule has 0 unspecified atom stereocenters. The predicted molar refractivity (Wildman–Crippen MR) is 88.6 cm³/mol. The van der Waals surface area contributed by atoms with E-state index in [-0.39, 0.29) is 16.5 Å². The minimum absolute atomic E-state index is 0.0262. The van der Waals surface area contributed by atoms with E-state index >= 15 is 0 Å². The van der Waals surface area contributed by atoms with Gasteiger partial charge in [0.25, 0.3) is 0 Å². The van der Waals surface area contributed by atoms with Crippen LogP contribution in [0, 0.1) is 11.3 Å². The largest absolute Gasteiger partial charge is 0.265 e. The van der Waals surface area contributed by atoms with Crippen LogP contribution >= 0.6 is 11.6 Å². The smallest absolute Gasteiger partial charge is 0.242 e. The van der Waals surface area contributed by atoms with Crippen molar-refractivity contribution >= 4 is 21.6 Å². The molecule has 1 heterocycles. The third-order valence-electron chi connectivity index (χ3n) is 3.52. The normalized spacial score (nSPS) is 11.9. The summed E-state index contributed by atoms with van der Waals surface area (Å²) in [5.74, 6) is 0. The van der Waals surface area contributed by atoms with Crippen molar-refractivity contribution in [3.63, 3.8) is 0 Å². The fourth-order valence-electron chi connectivity index (χ4n) is 2.05. The lowest BCUT2D eigenvalue weighted by molar-refractivity contribution is 0.501. The lowest BCUT2D eigenvalue weighted by atomic mass is 9.86. The molecule has 0 fully saturated rings. The lowest BCUT2D eigenvalue weighted by Gasteiger charge is -2.25. The zero-order chi connectivity index (χ0) is 17.1. The summed E-state index contributed by atoms with van der Waals surface area (Å²) < 4.78 is 27.5. The summed E-state index contributed by atoms with van der Waals surface area (Å²) in [7, 11) is -3.76. The van der Waals surface area contributed by atoms with Gasteiger partial charge in [-0.15, -0.1) is 0 Å². The third-order valence-corrected chi connectivity index (χ3v) is 5.40. The number of aromatic nitrogens is 1. The van der Waals surface area contributed by atoms with E-state index in [2.05, 4.69) is 9.71 Å². The average molecular weight is 350 g/mol. The highest BCUT2D eigenvalue weighted by Gasteiger charge is 2.25. The van der Waals surface area contributed by atoms with Crippen LogP contribution in [0.25, 0.3) is 0 Å². The van der Waals surface area contributed by atoms with Crippen molar-refractivity contribution < 1.29 is 8.42 Å². The van der Waals surface area contributed by atoms with E-state index in [0.717, 1.165) is 5.56 Å². The van der Waals surface area contributed by atoms with Gasteiger partial charge in [-0.1, -0.05) is 25.4 Å². The number of hydrogen-bond donors (Lipinski definition) is 1. The molecule has 0 atom stereocenters. The van der Waals surface area contributed by atoms with Gasteiger partial charge in [0.05, 0.1) is 16.7 Å². The van der Waals surface area contributed by atoms with Crippen molar-refractivity contribution in [1.29, 1.82) is 5.26 Å². The standard InChI is InChI=1S/C16H16ClN3O2S/c1-16(2,13-5-7-19-8-6-13)11-20-23(21,22)15-4-3-12(10-18)9-14(15)17/h3-9,20H,11H2,1-2H3. The molecular formula is C16H16ClN3O2S. The maximum atomic E-state index is 12.4. The maximum Gasteiger partial charge on any atom is 0.242 e. The Hall–Kier alpha value is -1.94. The van der Waals surface area contributed by atoms with Gasteiger partial charge >= 0.3 is 0 Å². The second kappa shape index (κ2) is 6.67. The van der Waals surface area contributed by atoms with Crippen molar-refractivity contribution in [2.45, 2.75) is 24.2 Å². The molecule has 120 valence electrons. The zero-order valence-electron chi connectivity index (χ0n) is 12.7. The molecule has 5 nitrogen and oxygen atoms in total. The molecule has 0 saturated carbocycles. The molecule has 0 aliphatic rings. The molecule has 0 aliphatic heterocycles. The summed E-state index contributed by atoms with van der Waals surface area (Å²) >= 11 is 5.98. The molecule has 7 heteroatoms. The number of nitrogens with one attached hydrogen (secondary N) is 1. The van der Waals surface area contributed by atoms with Gasteiger partial charge in [-0.2, -0.15) is 5.26 Å². The number of benzene rings is 1. The highest BCUT2D eigenvalue weighted by atomic mass is 35.5. The Morgan fingerprint density at radius 1 is 1.26 bits per heavy atom. The topological polar surface area (TPSA) is 82.9 Å². The van der Waals surface area contributed by atoms with Crippen LogP contribution in [-0.2, 0) is 15.4 Å². The second-order valence-electron chi connectivity index (χ2n) is 5.70. The molecule has 23 heavy (non-hydrogen) atoms. The first kappa shape index (κ1) is 17.4. The Morgan fingerprint density at radius 3 is 2.48 bits per heavy atom. The van der Waals surface area contributed by atoms with E-state index in [1.54, 1.807) is 12.4 Å². The van der Waals surface area contributed by atoms with Gasteiger partial charge in [-0.05, 0) is 35.9 Å². The number of sulfonamides is 1. The number of hydrogen-bond acceptors (Lipinski definition) is 4. The highest BCUT2D eigenvalue weighted by Crippen LogP contribution is 2.25. The van der Waals surface area contributed by atoms with Crippen molar-refractivity contribution in [2.75, 3.05) is 6.54 Å². The number of nitrogens with zero attached hydrogens (tertiary/aromatic N) is 2.